The van der Waals surface area contributed by atoms with Gasteiger partial charge in [0.2, 0.25) is 0 Å². The Kier molecular flexibility index (Phi) is 3.58. The van der Waals surface area contributed by atoms with Crippen molar-refractivity contribution in [3.05, 3.63) is 34.4 Å². The molecule has 2 N–H and O–H groups in total. The lowest BCUT2D eigenvalue weighted by Gasteiger charge is -2.04. The molecule has 1 rings (SSSR count). The second-order valence-corrected chi connectivity index (χ2v) is 2.52. The number of hydrazine groups is 1. The summed E-state index contributed by atoms with van der Waals surface area (Å²) in [5, 5.41) is 10.3. The van der Waals surface area contributed by atoms with E-state index in [1.54, 1.807) is 0 Å². The quantitative estimate of drug-likeness (QED) is 0.570. The number of benzene rings is 1. The highest BCUT2D eigenvalue weighted by Gasteiger charge is 2.06. The number of non-ortho nitro benzene ring substituents is 1. The molecule has 0 fully saturated rings. The van der Waals surface area contributed by atoms with Gasteiger partial charge >= 0.3 is 6.09 Å². The standard InChI is InChI=1S/C8H9N3O4/c1-9-10-8(12)15-7-4-2-6(3-5-7)11(13)14/h2-5,9H,1H3,(H,10,12). The third-order valence-electron chi connectivity index (χ3n) is 1.49. The highest BCUT2D eigenvalue weighted by molar-refractivity contribution is 5.69. The zero-order valence-electron chi connectivity index (χ0n) is 7.89. The average Bonchev–Trinajstić information content (AvgIpc) is 2.18. The van der Waals surface area contributed by atoms with Gasteiger partial charge in [0.15, 0.2) is 0 Å². The SMILES string of the molecule is CNNC(=O)Oc1ccc([N+](=O)[O-])cc1. The first kappa shape index (κ1) is 10.9. The predicted molar refractivity (Wildman–Crippen MR) is 51.3 cm³/mol. The molecule has 15 heavy (non-hydrogen) atoms. The fourth-order valence-electron chi connectivity index (χ4n) is 0.871. The van der Waals surface area contributed by atoms with Gasteiger partial charge in [0.05, 0.1) is 4.92 Å². The molecule has 0 bridgehead atoms. The van der Waals surface area contributed by atoms with Crippen LogP contribution < -0.4 is 15.6 Å². The van der Waals surface area contributed by atoms with Crippen LogP contribution in [0.3, 0.4) is 0 Å². The number of nitro groups is 1. The first-order valence-corrected chi connectivity index (χ1v) is 4.02. The Morgan fingerprint density at radius 2 is 2.00 bits per heavy atom. The number of nitro benzene ring substituents is 1. The molecular formula is C8H9N3O4. The summed E-state index contributed by atoms with van der Waals surface area (Å²) in [4.78, 5) is 20.7. The third kappa shape index (κ3) is 3.24. The van der Waals surface area contributed by atoms with Crippen molar-refractivity contribution >= 4 is 11.8 Å². The van der Waals surface area contributed by atoms with Gasteiger partial charge in [-0.25, -0.2) is 10.2 Å². The van der Waals surface area contributed by atoms with Gasteiger partial charge in [0, 0.05) is 19.2 Å². The molecule has 0 radical (unpaired) electrons. The van der Waals surface area contributed by atoms with Crippen molar-refractivity contribution in [3.63, 3.8) is 0 Å². The number of carbonyl (C=O) groups excluding carboxylic acids is 1. The van der Waals surface area contributed by atoms with Crippen molar-refractivity contribution in [1.29, 1.82) is 0 Å². The molecule has 0 aliphatic rings. The molecule has 0 saturated heterocycles. The van der Waals surface area contributed by atoms with E-state index in [0.717, 1.165) is 0 Å². The molecule has 1 aromatic carbocycles. The van der Waals surface area contributed by atoms with Crippen molar-refractivity contribution in [3.8, 4) is 5.75 Å². The van der Waals surface area contributed by atoms with Gasteiger partial charge in [-0.1, -0.05) is 0 Å². The van der Waals surface area contributed by atoms with E-state index in [1.807, 2.05) is 0 Å². The van der Waals surface area contributed by atoms with E-state index in [9.17, 15) is 14.9 Å². The van der Waals surface area contributed by atoms with Gasteiger partial charge in [0.25, 0.3) is 5.69 Å². The van der Waals surface area contributed by atoms with E-state index in [2.05, 4.69) is 10.9 Å². The van der Waals surface area contributed by atoms with Crippen molar-refractivity contribution in [2.45, 2.75) is 0 Å². The van der Waals surface area contributed by atoms with E-state index in [0.29, 0.717) is 0 Å². The number of ether oxygens (including phenoxy) is 1. The van der Waals surface area contributed by atoms with Crippen LogP contribution in [0.4, 0.5) is 10.5 Å². The molecular weight excluding hydrogens is 202 g/mol. The smallest absolute Gasteiger partial charge is 0.409 e. The molecule has 0 atom stereocenters. The lowest BCUT2D eigenvalue weighted by molar-refractivity contribution is -0.384. The fourth-order valence-corrected chi connectivity index (χ4v) is 0.871. The Morgan fingerprint density at radius 1 is 1.40 bits per heavy atom. The maximum Gasteiger partial charge on any atom is 0.427 e. The maximum atomic E-state index is 10.9. The summed E-state index contributed by atoms with van der Waals surface area (Å²) in [6.45, 7) is 0. The molecule has 0 aliphatic carbocycles. The largest absolute Gasteiger partial charge is 0.427 e. The topological polar surface area (TPSA) is 93.5 Å². The lowest BCUT2D eigenvalue weighted by Crippen LogP contribution is -2.36. The Balaban J connectivity index is 2.64. The third-order valence-corrected chi connectivity index (χ3v) is 1.49. The molecule has 80 valence electrons. The molecule has 0 aromatic heterocycles. The molecule has 1 aromatic rings. The maximum absolute atomic E-state index is 10.9. The van der Waals surface area contributed by atoms with Gasteiger partial charge in [-0.2, -0.15) is 0 Å². The summed E-state index contributed by atoms with van der Waals surface area (Å²) in [6, 6.07) is 5.19. The molecule has 0 aliphatic heterocycles. The summed E-state index contributed by atoms with van der Waals surface area (Å²) >= 11 is 0. The molecule has 7 nitrogen and oxygen atoms in total. The minimum atomic E-state index is -0.689. The Morgan fingerprint density at radius 3 is 2.47 bits per heavy atom. The van der Waals surface area contributed by atoms with E-state index in [1.165, 1.54) is 31.3 Å². The summed E-state index contributed by atoms with van der Waals surface area (Å²) in [7, 11) is 1.51. The molecule has 0 saturated carbocycles. The minimum absolute atomic E-state index is 0.0589. The van der Waals surface area contributed by atoms with Crippen molar-refractivity contribution in [1.82, 2.24) is 10.9 Å². The van der Waals surface area contributed by atoms with Gasteiger partial charge < -0.3 is 4.74 Å². The molecule has 0 heterocycles. The number of nitrogens with zero attached hydrogens (tertiary/aromatic N) is 1. The number of amides is 1. The van der Waals surface area contributed by atoms with Crippen LogP contribution in [-0.2, 0) is 0 Å². The fraction of sp³-hybridized carbons (Fsp3) is 0.125. The van der Waals surface area contributed by atoms with E-state index >= 15 is 0 Å². The summed E-state index contributed by atoms with van der Waals surface area (Å²) < 4.78 is 4.75. The van der Waals surface area contributed by atoms with Crippen molar-refractivity contribution < 1.29 is 14.5 Å². The monoisotopic (exact) mass is 211 g/mol. The van der Waals surface area contributed by atoms with Crippen molar-refractivity contribution in [2.24, 2.45) is 0 Å². The highest BCUT2D eigenvalue weighted by Crippen LogP contribution is 2.17. The van der Waals surface area contributed by atoms with Crippen LogP contribution in [0.25, 0.3) is 0 Å². The first-order valence-electron chi connectivity index (χ1n) is 4.02. The lowest BCUT2D eigenvalue weighted by atomic mass is 10.3. The second kappa shape index (κ2) is 4.91. The van der Waals surface area contributed by atoms with E-state index < -0.39 is 11.0 Å². The van der Waals surface area contributed by atoms with Crippen LogP contribution in [0.5, 0.6) is 5.75 Å². The number of rotatable bonds is 3. The van der Waals surface area contributed by atoms with Gasteiger partial charge in [-0.3, -0.25) is 15.5 Å². The minimum Gasteiger partial charge on any atom is -0.409 e. The molecule has 0 unspecified atom stereocenters. The zero-order chi connectivity index (χ0) is 11.3. The van der Waals surface area contributed by atoms with Gasteiger partial charge in [0.1, 0.15) is 5.75 Å². The van der Waals surface area contributed by atoms with Crippen LogP contribution in [0.15, 0.2) is 24.3 Å². The van der Waals surface area contributed by atoms with Crippen molar-refractivity contribution in [2.75, 3.05) is 7.05 Å². The van der Waals surface area contributed by atoms with Gasteiger partial charge in [-0.15, -0.1) is 0 Å². The van der Waals surface area contributed by atoms with Crippen LogP contribution in [-0.4, -0.2) is 18.1 Å². The second-order valence-electron chi connectivity index (χ2n) is 2.52. The Labute approximate surface area is 85.2 Å². The van der Waals surface area contributed by atoms with Crippen LogP contribution >= 0.6 is 0 Å². The highest BCUT2D eigenvalue weighted by atomic mass is 16.6. The van der Waals surface area contributed by atoms with E-state index in [4.69, 9.17) is 4.74 Å². The summed E-state index contributed by atoms with van der Waals surface area (Å²) in [5.41, 5.74) is 4.51. The summed E-state index contributed by atoms with van der Waals surface area (Å²) in [5.74, 6) is 0.230. The number of hydrogen-bond donors (Lipinski definition) is 2. The van der Waals surface area contributed by atoms with Crippen LogP contribution in [0.1, 0.15) is 0 Å². The van der Waals surface area contributed by atoms with Crippen LogP contribution in [0.2, 0.25) is 0 Å². The van der Waals surface area contributed by atoms with Gasteiger partial charge in [-0.05, 0) is 12.1 Å². The Hall–Kier alpha value is -2.15. The zero-order valence-corrected chi connectivity index (χ0v) is 7.89. The molecule has 1 amide bonds. The van der Waals surface area contributed by atoms with E-state index in [-0.39, 0.29) is 11.4 Å². The number of nitrogens with one attached hydrogen (secondary N) is 2. The normalized spacial score (nSPS) is 9.40. The summed E-state index contributed by atoms with van der Waals surface area (Å²) in [6.07, 6.45) is -0.689. The molecule has 7 heteroatoms. The van der Waals surface area contributed by atoms with Crippen LogP contribution in [0, 0.1) is 10.1 Å². The number of hydrogen-bond acceptors (Lipinski definition) is 5. The first-order chi connectivity index (χ1) is 7.13. The predicted octanol–water partition coefficient (Wildman–Crippen LogP) is 0.818. The number of carbonyl (C=O) groups is 1. The Bertz CT molecular complexity index is 363. The average molecular weight is 211 g/mol. The molecule has 0 spiro atoms.